The topological polar surface area (TPSA) is 53.6 Å². The summed E-state index contributed by atoms with van der Waals surface area (Å²) in [5.74, 6) is -0.280. The van der Waals surface area contributed by atoms with Gasteiger partial charge in [0.1, 0.15) is 5.82 Å². The first-order valence-electron chi connectivity index (χ1n) is 8.32. The van der Waals surface area contributed by atoms with Gasteiger partial charge in [-0.1, -0.05) is 12.1 Å². The van der Waals surface area contributed by atoms with E-state index < -0.39 is 0 Å². The largest absolute Gasteiger partial charge is 0.379 e. The number of nitrogens with zero attached hydrogens (tertiary/aromatic N) is 1. The molecule has 2 amide bonds. The standard InChI is InChI=1S/C18H22FN3O2S/c19-16-3-1-14(2-4-16)11-20-18(23)21-12-17(15-5-10-25-13-15)22-6-8-24-9-7-22/h1-5,10,13,17H,6-9,11-12H2,(H2,20,21,23). The SMILES string of the molecule is O=C(NCc1ccc(F)cc1)NCC(c1ccsc1)N1CCOCC1. The maximum absolute atomic E-state index is 12.9. The number of rotatable bonds is 6. The molecule has 134 valence electrons. The zero-order chi connectivity index (χ0) is 17.5. The predicted molar refractivity (Wildman–Crippen MR) is 96.1 cm³/mol. The Morgan fingerprint density at radius 1 is 1.20 bits per heavy atom. The molecule has 5 nitrogen and oxygen atoms in total. The molecule has 1 aliphatic heterocycles. The maximum Gasteiger partial charge on any atom is 0.315 e. The van der Waals surface area contributed by atoms with E-state index in [1.54, 1.807) is 23.5 Å². The molecule has 25 heavy (non-hydrogen) atoms. The monoisotopic (exact) mass is 363 g/mol. The van der Waals surface area contributed by atoms with Crippen LogP contribution in [0.15, 0.2) is 41.1 Å². The van der Waals surface area contributed by atoms with Gasteiger partial charge >= 0.3 is 6.03 Å². The summed E-state index contributed by atoms with van der Waals surface area (Å²) in [5, 5.41) is 9.93. The van der Waals surface area contributed by atoms with Gasteiger partial charge in [0, 0.05) is 26.2 Å². The number of carbonyl (C=O) groups excluding carboxylic acids is 1. The van der Waals surface area contributed by atoms with Gasteiger partial charge < -0.3 is 15.4 Å². The number of benzene rings is 1. The fraction of sp³-hybridized carbons (Fsp3) is 0.389. The Morgan fingerprint density at radius 2 is 1.96 bits per heavy atom. The zero-order valence-corrected chi connectivity index (χ0v) is 14.7. The van der Waals surface area contributed by atoms with E-state index in [1.165, 1.54) is 17.7 Å². The van der Waals surface area contributed by atoms with Crippen LogP contribution in [0, 0.1) is 5.82 Å². The number of halogens is 1. The molecule has 1 aromatic heterocycles. The molecular formula is C18H22FN3O2S. The molecule has 7 heteroatoms. The average Bonchev–Trinajstić information content (AvgIpc) is 3.17. The third-order valence-electron chi connectivity index (χ3n) is 4.24. The minimum absolute atomic E-state index is 0.145. The number of thiophene rings is 1. The van der Waals surface area contributed by atoms with E-state index in [9.17, 15) is 9.18 Å². The smallest absolute Gasteiger partial charge is 0.315 e. The summed E-state index contributed by atoms with van der Waals surface area (Å²) in [4.78, 5) is 14.4. The lowest BCUT2D eigenvalue weighted by atomic mass is 10.1. The second kappa shape index (κ2) is 8.94. The van der Waals surface area contributed by atoms with Gasteiger partial charge in [0.15, 0.2) is 0 Å². The van der Waals surface area contributed by atoms with Crippen molar-refractivity contribution in [1.82, 2.24) is 15.5 Å². The van der Waals surface area contributed by atoms with Crippen LogP contribution in [0.1, 0.15) is 17.2 Å². The van der Waals surface area contributed by atoms with Crippen molar-refractivity contribution < 1.29 is 13.9 Å². The maximum atomic E-state index is 12.9. The number of hydrogen-bond acceptors (Lipinski definition) is 4. The molecule has 1 saturated heterocycles. The molecule has 0 spiro atoms. The highest BCUT2D eigenvalue weighted by Crippen LogP contribution is 2.23. The molecule has 0 radical (unpaired) electrons. The summed E-state index contributed by atoms with van der Waals surface area (Å²) in [7, 11) is 0. The fourth-order valence-corrected chi connectivity index (χ4v) is 3.56. The highest BCUT2D eigenvalue weighted by atomic mass is 32.1. The summed E-state index contributed by atoms with van der Waals surface area (Å²) in [5.41, 5.74) is 2.07. The number of amides is 2. The summed E-state index contributed by atoms with van der Waals surface area (Å²) < 4.78 is 18.3. The highest BCUT2D eigenvalue weighted by Gasteiger charge is 2.23. The summed E-state index contributed by atoms with van der Waals surface area (Å²) >= 11 is 1.66. The first kappa shape index (κ1) is 17.8. The predicted octanol–water partition coefficient (Wildman–Crippen LogP) is 2.76. The van der Waals surface area contributed by atoms with Crippen molar-refractivity contribution in [3.8, 4) is 0 Å². The molecule has 0 bridgehead atoms. The second-order valence-corrected chi connectivity index (χ2v) is 6.69. The van der Waals surface area contributed by atoms with E-state index in [2.05, 4.69) is 32.4 Å². The van der Waals surface area contributed by atoms with E-state index in [0.29, 0.717) is 13.1 Å². The van der Waals surface area contributed by atoms with E-state index in [0.717, 1.165) is 31.9 Å². The van der Waals surface area contributed by atoms with E-state index in [-0.39, 0.29) is 17.9 Å². The number of urea groups is 1. The number of ether oxygens (including phenoxy) is 1. The van der Waals surface area contributed by atoms with Crippen LogP contribution >= 0.6 is 11.3 Å². The Hall–Kier alpha value is -1.96. The molecular weight excluding hydrogens is 341 g/mol. The molecule has 1 aliphatic rings. The number of carbonyl (C=O) groups is 1. The van der Waals surface area contributed by atoms with Gasteiger partial charge in [0.25, 0.3) is 0 Å². The van der Waals surface area contributed by atoms with Crippen molar-refractivity contribution in [3.63, 3.8) is 0 Å². The van der Waals surface area contributed by atoms with Crippen LogP contribution in [0.4, 0.5) is 9.18 Å². The Morgan fingerprint density at radius 3 is 2.64 bits per heavy atom. The fourth-order valence-electron chi connectivity index (χ4n) is 2.85. The van der Waals surface area contributed by atoms with Crippen molar-refractivity contribution in [2.24, 2.45) is 0 Å². The third kappa shape index (κ3) is 5.26. The second-order valence-electron chi connectivity index (χ2n) is 5.91. The Kier molecular flexibility index (Phi) is 6.38. The van der Waals surface area contributed by atoms with Crippen molar-refractivity contribution in [2.45, 2.75) is 12.6 Å². The minimum atomic E-state index is -0.280. The van der Waals surface area contributed by atoms with Crippen molar-refractivity contribution in [2.75, 3.05) is 32.8 Å². The van der Waals surface area contributed by atoms with Crippen LogP contribution in [0.5, 0.6) is 0 Å². The molecule has 1 unspecified atom stereocenters. The zero-order valence-electron chi connectivity index (χ0n) is 13.9. The van der Waals surface area contributed by atoms with Crippen LogP contribution in [0.25, 0.3) is 0 Å². The molecule has 1 aromatic carbocycles. The van der Waals surface area contributed by atoms with E-state index in [4.69, 9.17) is 4.74 Å². The average molecular weight is 363 g/mol. The lowest BCUT2D eigenvalue weighted by Crippen LogP contribution is -2.45. The van der Waals surface area contributed by atoms with Crippen molar-refractivity contribution >= 4 is 17.4 Å². The van der Waals surface area contributed by atoms with Gasteiger partial charge in [-0.25, -0.2) is 9.18 Å². The third-order valence-corrected chi connectivity index (χ3v) is 4.94. The molecule has 0 aliphatic carbocycles. The van der Waals surface area contributed by atoms with Gasteiger partial charge in [0.05, 0.1) is 19.3 Å². The molecule has 2 N–H and O–H groups in total. The van der Waals surface area contributed by atoms with Crippen LogP contribution in [0.2, 0.25) is 0 Å². The first-order chi connectivity index (χ1) is 12.2. The lowest BCUT2D eigenvalue weighted by Gasteiger charge is -2.34. The molecule has 1 atom stereocenters. The molecule has 3 rings (SSSR count). The van der Waals surface area contributed by atoms with Gasteiger partial charge in [-0.05, 0) is 40.1 Å². The molecule has 1 fully saturated rings. The van der Waals surface area contributed by atoms with Crippen LogP contribution in [-0.4, -0.2) is 43.8 Å². The Labute approximate surface area is 150 Å². The molecule has 0 saturated carbocycles. The van der Waals surface area contributed by atoms with Gasteiger partial charge in [-0.15, -0.1) is 0 Å². The molecule has 2 heterocycles. The Bertz CT molecular complexity index is 657. The van der Waals surface area contributed by atoms with Gasteiger partial charge in [-0.2, -0.15) is 11.3 Å². The first-order valence-corrected chi connectivity index (χ1v) is 9.26. The van der Waals surface area contributed by atoms with Crippen LogP contribution < -0.4 is 10.6 Å². The Balaban J connectivity index is 1.51. The van der Waals surface area contributed by atoms with Crippen molar-refractivity contribution in [3.05, 3.63) is 58.0 Å². The van der Waals surface area contributed by atoms with E-state index >= 15 is 0 Å². The van der Waals surface area contributed by atoms with Crippen molar-refractivity contribution in [1.29, 1.82) is 0 Å². The quantitative estimate of drug-likeness (QED) is 0.830. The van der Waals surface area contributed by atoms with Crippen LogP contribution in [-0.2, 0) is 11.3 Å². The summed E-state index contributed by atoms with van der Waals surface area (Å²) in [6, 6.07) is 8.13. The van der Waals surface area contributed by atoms with Crippen LogP contribution in [0.3, 0.4) is 0 Å². The minimum Gasteiger partial charge on any atom is -0.379 e. The van der Waals surface area contributed by atoms with Gasteiger partial charge in [-0.3, -0.25) is 4.90 Å². The number of nitrogens with one attached hydrogen (secondary N) is 2. The number of hydrogen-bond donors (Lipinski definition) is 2. The number of morpholine rings is 1. The normalized spacial score (nSPS) is 16.4. The highest BCUT2D eigenvalue weighted by molar-refractivity contribution is 7.07. The van der Waals surface area contributed by atoms with E-state index in [1.807, 2.05) is 0 Å². The summed E-state index contributed by atoms with van der Waals surface area (Å²) in [6.07, 6.45) is 0. The lowest BCUT2D eigenvalue weighted by molar-refractivity contribution is 0.0168. The summed E-state index contributed by atoms with van der Waals surface area (Å²) in [6.45, 7) is 4.06. The molecule has 2 aromatic rings. The van der Waals surface area contributed by atoms with Gasteiger partial charge in [0.2, 0.25) is 0 Å².